The monoisotopic (exact) mass is 1130 g/mol. The van der Waals surface area contributed by atoms with Crippen LogP contribution in [0.3, 0.4) is 0 Å². The smallest absolute Gasteiger partial charge is 0.311 e. The zero-order chi connectivity index (χ0) is 63.3. The second kappa shape index (κ2) is 48.4. The van der Waals surface area contributed by atoms with Gasteiger partial charge in [-0.2, -0.15) is 0 Å². The van der Waals surface area contributed by atoms with E-state index in [1.54, 1.807) is 0 Å². The highest BCUT2D eigenvalue weighted by atomic mass is 16.6. The fourth-order valence-corrected chi connectivity index (χ4v) is 5.34. The van der Waals surface area contributed by atoms with Crippen molar-refractivity contribution in [2.45, 2.75) is 315 Å². The zero-order valence-corrected chi connectivity index (χ0v) is 57.5. The Morgan fingerprint density at radius 3 is 0.911 bits per heavy atom. The summed E-state index contributed by atoms with van der Waals surface area (Å²) in [6, 6.07) is 0. The van der Waals surface area contributed by atoms with Gasteiger partial charge in [-0.3, -0.25) is 28.8 Å². The molecule has 0 aliphatic carbocycles. The van der Waals surface area contributed by atoms with Crippen LogP contribution in [-0.2, 0) is 57.2 Å². The van der Waals surface area contributed by atoms with E-state index in [2.05, 4.69) is 53.2 Å². The van der Waals surface area contributed by atoms with Crippen molar-refractivity contribution in [2.24, 2.45) is 50.2 Å². The molecule has 0 bridgehead atoms. The van der Waals surface area contributed by atoms with Gasteiger partial charge in [0, 0.05) is 0 Å². The number of carbonyl (C=O) groups is 6. The number of methoxy groups -OCH3 is 1. The molecular formula is C67H134O12. The van der Waals surface area contributed by atoms with E-state index < -0.39 is 0 Å². The maximum absolute atomic E-state index is 11.6. The van der Waals surface area contributed by atoms with Crippen molar-refractivity contribution in [3.63, 3.8) is 0 Å². The van der Waals surface area contributed by atoms with E-state index in [1.807, 2.05) is 138 Å². The van der Waals surface area contributed by atoms with Gasteiger partial charge in [0.05, 0.1) is 66.0 Å². The Hall–Kier alpha value is -3.18. The van der Waals surface area contributed by atoms with Gasteiger partial charge in [-0.25, -0.2) is 0 Å². The van der Waals surface area contributed by atoms with E-state index in [0.717, 1.165) is 89.9 Å². The topological polar surface area (TPSA) is 158 Å². The SMILES string of the molecule is CCC(C)(C)C(=O)OC.CCC(C)(C)C(=O)OCCC(C)C.CCC(C)(C)C(=O)OCCCC(C)C.CCC(C)CCOC(=O)C(C)(C)CC.CCC(CC)OC(=O)C(C)(C)CC.CCCCCCCCOC(=O)C(C)(C)CC. The summed E-state index contributed by atoms with van der Waals surface area (Å²) in [6.45, 7) is 56.6. The van der Waals surface area contributed by atoms with Crippen LogP contribution in [0.1, 0.15) is 309 Å². The normalized spacial score (nSPS) is 12.0. The van der Waals surface area contributed by atoms with Crippen molar-refractivity contribution in [2.75, 3.05) is 33.5 Å². The lowest BCUT2D eigenvalue weighted by Crippen LogP contribution is -2.29. The first kappa shape index (κ1) is 87.1. The van der Waals surface area contributed by atoms with Crippen molar-refractivity contribution in [1.29, 1.82) is 0 Å². The molecule has 474 valence electrons. The van der Waals surface area contributed by atoms with E-state index in [9.17, 15) is 28.8 Å². The van der Waals surface area contributed by atoms with Gasteiger partial charge in [0.2, 0.25) is 0 Å². The standard InChI is InChI=1S/C14H28O2.2C12H24O2.2C11H22O2.C7H14O2/c1-5-7-8-9-10-11-12-16-13(15)14(3,4)6-2;1-6-12(4,5)11(13)14-9-7-8-10(2)3;1-6-10(3)8-9-14-11(13)12(4,5)7-2;1-6-11(4,5)10(12)13-8-7-9(2)3;1-6-9(7-2)13-10(12)11(4,5)8-3;1-5-7(2,3)6(8)9-4/h5-12H2,1-4H3;2*10H,6-9H2,1-5H3;2*9H,6-8H2,1-5H3;5H2,1-4H3. The molecule has 0 aromatic rings. The summed E-state index contributed by atoms with van der Waals surface area (Å²) in [5, 5.41) is 0. The van der Waals surface area contributed by atoms with Gasteiger partial charge in [0.15, 0.2) is 0 Å². The van der Waals surface area contributed by atoms with Gasteiger partial charge in [-0.15, -0.1) is 0 Å². The molecule has 0 saturated carbocycles. The lowest BCUT2D eigenvalue weighted by Gasteiger charge is -2.24. The summed E-state index contributed by atoms with van der Waals surface area (Å²) in [4.78, 5) is 68.6. The highest BCUT2D eigenvalue weighted by molar-refractivity contribution is 5.77. The van der Waals surface area contributed by atoms with Crippen molar-refractivity contribution in [1.82, 2.24) is 0 Å². The van der Waals surface area contributed by atoms with Crippen molar-refractivity contribution in [3.05, 3.63) is 0 Å². The van der Waals surface area contributed by atoms with E-state index in [-0.39, 0.29) is 74.4 Å². The third kappa shape index (κ3) is 48.1. The first-order valence-corrected chi connectivity index (χ1v) is 31.3. The molecule has 0 rings (SSSR count). The number of ether oxygens (including phenoxy) is 6. The molecule has 0 aliphatic heterocycles. The second-order valence-electron chi connectivity index (χ2n) is 26.1. The first-order chi connectivity index (χ1) is 36.3. The zero-order valence-electron chi connectivity index (χ0n) is 57.5. The van der Waals surface area contributed by atoms with E-state index in [0.29, 0.717) is 44.2 Å². The number of carbonyl (C=O) groups excluding carboxylic acids is 6. The van der Waals surface area contributed by atoms with Gasteiger partial charge in [-0.05, 0) is 184 Å². The van der Waals surface area contributed by atoms with Gasteiger partial charge < -0.3 is 28.4 Å². The number of esters is 6. The van der Waals surface area contributed by atoms with Crippen LogP contribution in [-0.4, -0.2) is 75.5 Å². The van der Waals surface area contributed by atoms with Gasteiger partial charge >= 0.3 is 35.8 Å². The largest absolute Gasteiger partial charge is 0.469 e. The minimum absolute atomic E-state index is 0.0523. The van der Waals surface area contributed by atoms with Crippen LogP contribution >= 0.6 is 0 Å². The molecule has 12 nitrogen and oxygen atoms in total. The van der Waals surface area contributed by atoms with Gasteiger partial charge in [-0.1, -0.05) is 142 Å². The molecule has 0 aliphatic rings. The van der Waals surface area contributed by atoms with Crippen molar-refractivity contribution >= 4 is 35.8 Å². The molecular weight excluding hydrogens is 997 g/mol. The fourth-order valence-electron chi connectivity index (χ4n) is 5.34. The second-order valence-corrected chi connectivity index (χ2v) is 26.1. The molecule has 0 fully saturated rings. The fraction of sp³-hybridized carbons (Fsp3) is 0.910. The van der Waals surface area contributed by atoms with E-state index >= 15 is 0 Å². The summed E-state index contributed by atoms with van der Waals surface area (Å²) >= 11 is 0. The van der Waals surface area contributed by atoms with E-state index in [1.165, 1.54) is 39.2 Å². The average molecular weight is 1130 g/mol. The molecule has 0 radical (unpaired) electrons. The molecule has 0 spiro atoms. The number of unbranched alkanes of at least 4 members (excludes halogenated alkanes) is 5. The molecule has 0 saturated heterocycles. The predicted molar refractivity (Wildman–Crippen MR) is 332 cm³/mol. The molecule has 1 atom stereocenters. The first-order valence-electron chi connectivity index (χ1n) is 31.3. The van der Waals surface area contributed by atoms with Crippen LogP contribution in [0.2, 0.25) is 0 Å². The Morgan fingerprint density at radius 1 is 0.329 bits per heavy atom. The van der Waals surface area contributed by atoms with Gasteiger partial charge in [0.25, 0.3) is 0 Å². The van der Waals surface area contributed by atoms with Crippen molar-refractivity contribution < 1.29 is 57.2 Å². The Labute approximate surface area is 490 Å². The van der Waals surface area contributed by atoms with Crippen LogP contribution in [0.15, 0.2) is 0 Å². The Balaban J connectivity index is -0.000000204. The molecule has 0 heterocycles. The molecule has 0 aromatic carbocycles. The Morgan fingerprint density at radius 2 is 0.620 bits per heavy atom. The minimum atomic E-state index is -0.331. The number of hydrogen-bond donors (Lipinski definition) is 0. The quantitative estimate of drug-likeness (QED) is 0.0348. The number of hydrogen-bond acceptors (Lipinski definition) is 12. The molecule has 0 aromatic heterocycles. The molecule has 0 amide bonds. The summed E-state index contributed by atoms with van der Waals surface area (Å²) < 4.78 is 30.8. The van der Waals surface area contributed by atoms with Crippen molar-refractivity contribution in [3.8, 4) is 0 Å². The highest BCUT2D eigenvalue weighted by Gasteiger charge is 2.31. The molecule has 79 heavy (non-hydrogen) atoms. The van der Waals surface area contributed by atoms with Crippen LogP contribution in [0.25, 0.3) is 0 Å². The van der Waals surface area contributed by atoms with E-state index in [4.69, 9.17) is 23.7 Å². The summed E-state index contributed by atoms with van der Waals surface area (Å²) in [5.74, 6) is 1.47. The maximum Gasteiger partial charge on any atom is 0.311 e. The van der Waals surface area contributed by atoms with Crippen LogP contribution in [0, 0.1) is 50.2 Å². The summed E-state index contributed by atoms with van der Waals surface area (Å²) in [7, 11) is 1.42. The molecule has 1 unspecified atom stereocenters. The molecule has 12 heteroatoms. The minimum Gasteiger partial charge on any atom is -0.469 e. The average Bonchev–Trinajstić information content (AvgIpc) is 3.40. The summed E-state index contributed by atoms with van der Waals surface area (Å²) in [5.41, 5.74) is -1.93. The Bertz CT molecular complexity index is 1530. The Kier molecular flexibility index (Phi) is 53.3. The number of rotatable bonds is 33. The molecule has 0 N–H and O–H groups in total. The predicted octanol–water partition coefficient (Wildman–Crippen LogP) is 18.9. The van der Waals surface area contributed by atoms with Crippen LogP contribution in [0.5, 0.6) is 0 Å². The third-order valence-electron chi connectivity index (χ3n) is 15.3. The highest BCUT2D eigenvalue weighted by Crippen LogP contribution is 2.26. The lowest BCUT2D eigenvalue weighted by atomic mass is 9.90. The van der Waals surface area contributed by atoms with Crippen LogP contribution < -0.4 is 0 Å². The van der Waals surface area contributed by atoms with Gasteiger partial charge in [0.1, 0.15) is 6.10 Å². The lowest BCUT2D eigenvalue weighted by molar-refractivity contribution is -0.160. The van der Waals surface area contributed by atoms with Crippen LogP contribution in [0.4, 0.5) is 0 Å². The third-order valence-corrected chi connectivity index (χ3v) is 15.3. The maximum atomic E-state index is 11.6. The summed E-state index contributed by atoms with van der Waals surface area (Å²) in [6.07, 6.45) is 19.4.